The summed E-state index contributed by atoms with van der Waals surface area (Å²) in [4.78, 5) is 24.9. The molecule has 11 N–H and O–H groups in total. The molecule has 63 heavy (non-hydrogen) atoms. The SMILES string of the molecule is COc1ccc([C@@H]2CC(=O)c3c(O)cc(O[C@@H]4O[C@H](CO[C@@H]5O[C@@H](C)[C@H](O)[C@@H](O)[C@H]5O)[C@@H](O)[C@H](O)[C@H]4O)cc3O2)cc1O.O=c1cc(-c2ccc(O)cc2)oc2cc(O)cc(O)c12. The zero-order valence-electron chi connectivity index (χ0n) is 33.3. The molecule has 0 spiro atoms. The highest BCUT2D eigenvalue weighted by molar-refractivity contribution is 6.02. The number of hydrogen-bond donors (Lipinski definition) is 11. The maximum Gasteiger partial charge on any atom is 0.229 e. The average Bonchev–Trinajstić information content (AvgIpc) is 3.24. The molecule has 3 aliphatic heterocycles. The molecule has 4 heterocycles. The third kappa shape index (κ3) is 9.30. The highest BCUT2D eigenvalue weighted by Crippen LogP contribution is 2.44. The van der Waals surface area contributed by atoms with Crippen LogP contribution >= 0.6 is 0 Å². The topological polar surface area (TPSA) is 325 Å². The lowest BCUT2D eigenvalue weighted by Gasteiger charge is -2.42. The average molecular weight is 881 g/mol. The summed E-state index contributed by atoms with van der Waals surface area (Å²) in [5.74, 6) is -1.13. The lowest BCUT2D eigenvalue weighted by atomic mass is 9.95. The third-order valence-electron chi connectivity index (χ3n) is 10.6. The van der Waals surface area contributed by atoms with Gasteiger partial charge >= 0.3 is 0 Å². The normalized spacial score (nSPS) is 28.0. The maximum absolute atomic E-state index is 12.9. The van der Waals surface area contributed by atoms with Gasteiger partial charge in [0.25, 0.3) is 0 Å². The third-order valence-corrected chi connectivity index (χ3v) is 10.6. The van der Waals surface area contributed by atoms with Crippen LogP contribution in [0, 0.1) is 0 Å². The van der Waals surface area contributed by atoms with Crippen LogP contribution in [-0.2, 0) is 14.2 Å². The minimum atomic E-state index is -1.77. The fourth-order valence-electron chi connectivity index (χ4n) is 7.22. The van der Waals surface area contributed by atoms with E-state index < -0.39 is 91.1 Å². The summed E-state index contributed by atoms with van der Waals surface area (Å²) in [5, 5.41) is 111. The van der Waals surface area contributed by atoms with Crippen LogP contribution in [0.25, 0.3) is 22.3 Å². The van der Waals surface area contributed by atoms with Crippen molar-refractivity contribution in [2.24, 2.45) is 0 Å². The number of aromatic hydroxyl groups is 5. The molecular weight excluding hydrogens is 836 g/mol. The summed E-state index contributed by atoms with van der Waals surface area (Å²) in [6.07, 6.45) is -15.9. The van der Waals surface area contributed by atoms with E-state index in [4.69, 9.17) is 32.8 Å². The maximum atomic E-state index is 12.9. The summed E-state index contributed by atoms with van der Waals surface area (Å²) >= 11 is 0. The smallest absolute Gasteiger partial charge is 0.229 e. The predicted molar refractivity (Wildman–Crippen MR) is 214 cm³/mol. The zero-order valence-corrected chi connectivity index (χ0v) is 33.3. The number of hydrogen-bond acceptors (Lipinski definition) is 20. The molecule has 4 aromatic carbocycles. The number of phenols is 5. The van der Waals surface area contributed by atoms with Gasteiger partial charge in [-0.25, -0.2) is 0 Å². The van der Waals surface area contributed by atoms with Gasteiger partial charge in [0.05, 0.1) is 26.2 Å². The van der Waals surface area contributed by atoms with Crippen molar-refractivity contribution in [1.82, 2.24) is 0 Å². The molecule has 336 valence electrons. The van der Waals surface area contributed by atoms with E-state index in [0.29, 0.717) is 11.1 Å². The Labute approximate surface area is 356 Å². The first kappa shape index (κ1) is 44.8. The van der Waals surface area contributed by atoms with Crippen molar-refractivity contribution < 1.29 is 93.8 Å². The van der Waals surface area contributed by atoms with Crippen LogP contribution in [-0.4, -0.2) is 137 Å². The number of ketones is 1. The Balaban J connectivity index is 0.000000247. The first-order valence-corrected chi connectivity index (χ1v) is 19.3. The molecule has 3 aliphatic rings. The number of carbonyl (C=O) groups is 1. The van der Waals surface area contributed by atoms with Crippen molar-refractivity contribution in [2.75, 3.05) is 13.7 Å². The van der Waals surface area contributed by atoms with E-state index in [0.717, 1.165) is 12.1 Å². The van der Waals surface area contributed by atoms with E-state index in [1.807, 2.05) is 0 Å². The Morgan fingerprint density at radius 1 is 0.683 bits per heavy atom. The quantitative estimate of drug-likeness (QED) is 0.105. The Kier molecular flexibility index (Phi) is 13.0. The number of phenolic OH excluding ortho intramolecular Hbond substituents is 5. The summed E-state index contributed by atoms with van der Waals surface area (Å²) < 4.78 is 38.7. The van der Waals surface area contributed by atoms with Crippen molar-refractivity contribution >= 4 is 16.8 Å². The van der Waals surface area contributed by atoms with Gasteiger partial charge in [-0.05, 0) is 48.9 Å². The molecule has 2 fully saturated rings. The van der Waals surface area contributed by atoms with Gasteiger partial charge in [-0.1, -0.05) is 6.07 Å². The van der Waals surface area contributed by atoms with Gasteiger partial charge < -0.3 is 89.0 Å². The van der Waals surface area contributed by atoms with Gasteiger partial charge in [-0.2, -0.15) is 0 Å². The highest BCUT2D eigenvalue weighted by atomic mass is 16.7. The molecule has 2 saturated heterocycles. The highest BCUT2D eigenvalue weighted by Gasteiger charge is 2.47. The van der Waals surface area contributed by atoms with Crippen molar-refractivity contribution in [3.63, 3.8) is 0 Å². The van der Waals surface area contributed by atoms with Crippen molar-refractivity contribution in [1.29, 1.82) is 0 Å². The van der Waals surface area contributed by atoms with Gasteiger partial charge in [0.2, 0.25) is 6.29 Å². The number of methoxy groups -OCH3 is 1. The Bertz CT molecular complexity index is 2510. The second-order valence-corrected chi connectivity index (χ2v) is 15.0. The van der Waals surface area contributed by atoms with Crippen LogP contribution < -0.4 is 19.6 Å². The van der Waals surface area contributed by atoms with Crippen LogP contribution in [0.15, 0.2) is 82.0 Å². The molecule has 0 amide bonds. The predicted octanol–water partition coefficient (Wildman–Crippen LogP) is 1.42. The van der Waals surface area contributed by atoms with Crippen molar-refractivity contribution in [2.45, 2.75) is 80.9 Å². The summed E-state index contributed by atoms with van der Waals surface area (Å²) in [6, 6.07) is 16.6. The molecule has 20 nitrogen and oxygen atoms in total. The Morgan fingerprint density at radius 3 is 2.08 bits per heavy atom. The van der Waals surface area contributed by atoms with Crippen molar-refractivity contribution in [3.8, 4) is 57.3 Å². The summed E-state index contributed by atoms with van der Waals surface area (Å²) in [7, 11) is 1.39. The van der Waals surface area contributed by atoms with E-state index in [9.17, 15) is 65.8 Å². The summed E-state index contributed by atoms with van der Waals surface area (Å²) in [5.41, 5.74) is 0.660. The molecule has 0 saturated carbocycles. The summed E-state index contributed by atoms with van der Waals surface area (Å²) in [6.45, 7) is 0.964. The van der Waals surface area contributed by atoms with Gasteiger partial charge in [0.1, 0.15) is 106 Å². The van der Waals surface area contributed by atoms with Gasteiger partial charge in [0, 0.05) is 35.9 Å². The lowest BCUT2D eigenvalue weighted by molar-refractivity contribution is -0.318. The number of aliphatic hydroxyl groups is 6. The second-order valence-electron chi connectivity index (χ2n) is 15.0. The molecule has 11 atom stereocenters. The van der Waals surface area contributed by atoms with Crippen LogP contribution in [0.3, 0.4) is 0 Å². The largest absolute Gasteiger partial charge is 0.508 e. The molecule has 5 aromatic rings. The monoisotopic (exact) mass is 880 g/mol. The van der Waals surface area contributed by atoms with E-state index in [2.05, 4.69) is 0 Å². The molecular formula is C43H44O20. The first-order valence-electron chi connectivity index (χ1n) is 19.3. The van der Waals surface area contributed by atoms with Crippen LogP contribution in [0.4, 0.5) is 0 Å². The molecule has 20 heteroatoms. The van der Waals surface area contributed by atoms with Gasteiger partial charge in [-0.15, -0.1) is 0 Å². The number of benzene rings is 4. The molecule has 8 rings (SSSR count). The molecule has 0 radical (unpaired) electrons. The van der Waals surface area contributed by atoms with Crippen molar-refractivity contribution in [3.05, 3.63) is 94.1 Å². The van der Waals surface area contributed by atoms with Gasteiger partial charge in [-0.3, -0.25) is 9.59 Å². The fraction of sp³-hybridized carbons (Fsp3) is 0.349. The number of Topliss-reactive ketones (excluding diaryl/α,β-unsaturated/α-hetero) is 1. The number of ether oxygens (including phenoxy) is 6. The standard InChI is InChI=1S/C28H34O15.C15H10O5/c1-10-21(32)23(34)25(36)27(40-10)39-9-19-22(33)24(35)26(37)28(43-19)41-12-6-14(30)20-15(31)8-17(42-18(20)7-12)11-3-4-16(38-2)13(29)5-11;16-9-3-1-8(2-4-9)13-7-12(19)15-11(18)5-10(17)6-14(15)20-13/h3-7,10,17,19,21-30,32-37H,8-9H2,1-2H3;1-7,16-18H/t10-,17-,19+,21-,22+,23+,24-,25+,26+,27+,28+;/m0./s1. The fourth-order valence-corrected chi connectivity index (χ4v) is 7.22. The second kappa shape index (κ2) is 18.3. The number of aliphatic hydroxyl groups excluding tert-OH is 6. The number of carbonyl (C=O) groups excluding carboxylic acids is 1. The molecule has 0 unspecified atom stereocenters. The Morgan fingerprint density at radius 2 is 1.38 bits per heavy atom. The number of rotatable bonds is 8. The van der Waals surface area contributed by atoms with Crippen LogP contribution in [0.1, 0.15) is 35.4 Å². The Hall–Kier alpha value is -6.20. The van der Waals surface area contributed by atoms with E-state index >= 15 is 0 Å². The van der Waals surface area contributed by atoms with E-state index in [1.165, 1.54) is 56.5 Å². The zero-order chi connectivity index (χ0) is 45.4. The number of fused-ring (bicyclic) bond motifs is 2. The molecule has 1 aromatic heterocycles. The first-order chi connectivity index (χ1) is 29.9. The minimum absolute atomic E-state index is 0.0188. The van der Waals surface area contributed by atoms with Crippen LogP contribution in [0.5, 0.6) is 46.0 Å². The molecule has 0 bridgehead atoms. The van der Waals surface area contributed by atoms with Gasteiger partial charge in [0.15, 0.2) is 29.0 Å². The van der Waals surface area contributed by atoms with E-state index in [-0.39, 0.29) is 69.0 Å². The molecule has 0 aliphatic carbocycles. The van der Waals surface area contributed by atoms with E-state index in [1.54, 1.807) is 18.2 Å². The lowest BCUT2D eigenvalue weighted by Crippen LogP contribution is -2.61. The van der Waals surface area contributed by atoms with Crippen LogP contribution in [0.2, 0.25) is 0 Å². The minimum Gasteiger partial charge on any atom is -0.508 e.